The Morgan fingerprint density at radius 3 is 2.53 bits per heavy atom. The summed E-state index contributed by atoms with van der Waals surface area (Å²) in [6, 6.07) is 24.7. The lowest BCUT2D eigenvalue weighted by atomic mass is 9.96. The van der Waals surface area contributed by atoms with Gasteiger partial charge in [0.1, 0.15) is 5.82 Å². The normalized spacial score (nSPS) is 15.1. The number of nitrogens with zero attached hydrogens (tertiary/aromatic N) is 2. The van der Waals surface area contributed by atoms with Gasteiger partial charge >= 0.3 is 0 Å². The molecule has 1 aromatic heterocycles. The number of halogens is 1. The summed E-state index contributed by atoms with van der Waals surface area (Å²) in [5.41, 5.74) is 4.50. The molecule has 4 aromatic rings. The van der Waals surface area contributed by atoms with E-state index in [-0.39, 0.29) is 30.6 Å². The Morgan fingerprint density at radius 2 is 1.79 bits per heavy atom. The predicted octanol–water partition coefficient (Wildman–Crippen LogP) is 5.67. The van der Waals surface area contributed by atoms with E-state index in [2.05, 4.69) is 10.3 Å². The number of carbonyl (C=O) groups excluding carboxylic acids is 3. The van der Waals surface area contributed by atoms with Crippen molar-refractivity contribution in [2.75, 3.05) is 5.32 Å². The number of hydrogen-bond acceptors (Lipinski definition) is 4. The average Bonchev–Trinajstić information content (AvgIpc) is 2.99. The summed E-state index contributed by atoms with van der Waals surface area (Å²) in [5.74, 6) is -0.0585. The van der Waals surface area contributed by atoms with Crippen LogP contribution in [0, 0.1) is 6.92 Å². The minimum Gasteiger partial charge on any atom is -0.324 e. The molecule has 0 spiro atoms. The molecule has 0 unspecified atom stereocenters. The third kappa shape index (κ3) is 5.66. The van der Waals surface area contributed by atoms with Gasteiger partial charge in [0.05, 0.1) is 6.04 Å². The maximum absolute atomic E-state index is 13.8. The molecular weight excluding hydrogens is 498 g/mol. The Bertz CT molecular complexity index is 1500. The molecule has 3 aromatic carbocycles. The Morgan fingerprint density at radius 1 is 0.974 bits per heavy atom. The second kappa shape index (κ2) is 11.0. The molecule has 190 valence electrons. The lowest BCUT2D eigenvalue weighted by molar-refractivity contribution is -0.122. The number of aromatic nitrogens is 1. The number of amides is 2. The first-order chi connectivity index (χ1) is 18.4. The van der Waals surface area contributed by atoms with Gasteiger partial charge in [0.2, 0.25) is 0 Å². The summed E-state index contributed by atoms with van der Waals surface area (Å²) in [4.78, 5) is 45.7. The molecule has 0 bridgehead atoms. The third-order valence-corrected chi connectivity index (χ3v) is 6.89. The average molecular weight is 524 g/mol. The second-order valence-electron chi connectivity index (χ2n) is 9.45. The first-order valence-corrected chi connectivity index (χ1v) is 12.7. The fourth-order valence-corrected chi connectivity index (χ4v) is 4.94. The molecule has 0 radical (unpaired) electrons. The van der Waals surface area contributed by atoms with E-state index in [1.165, 1.54) is 0 Å². The van der Waals surface area contributed by atoms with E-state index in [0.717, 1.165) is 16.7 Å². The summed E-state index contributed by atoms with van der Waals surface area (Å²) in [7, 11) is 0. The Balaban J connectivity index is 1.43. The number of rotatable bonds is 6. The molecular formula is C31H26ClN3O3. The van der Waals surface area contributed by atoms with Gasteiger partial charge in [0.25, 0.3) is 11.8 Å². The summed E-state index contributed by atoms with van der Waals surface area (Å²) in [6.07, 6.45) is 2.16. The molecule has 6 nitrogen and oxygen atoms in total. The number of anilines is 1. The fraction of sp³-hybridized carbons (Fsp3) is 0.161. The van der Waals surface area contributed by atoms with Gasteiger partial charge in [-0.3, -0.25) is 14.4 Å². The zero-order valence-corrected chi connectivity index (χ0v) is 21.6. The molecule has 1 atom stereocenters. The van der Waals surface area contributed by atoms with Crippen molar-refractivity contribution in [3.8, 4) is 0 Å². The minimum absolute atomic E-state index is 0.0350. The zero-order chi connectivity index (χ0) is 26.6. The molecule has 0 fully saturated rings. The number of benzene rings is 3. The zero-order valence-electron chi connectivity index (χ0n) is 20.9. The van der Waals surface area contributed by atoms with Gasteiger partial charge < -0.3 is 10.2 Å². The van der Waals surface area contributed by atoms with Crippen LogP contribution in [0.25, 0.3) is 0 Å². The summed E-state index contributed by atoms with van der Waals surface area (Å²) >= 11 is 6.19. The van der Waals surface area contributed by atoms with Crippen LogP contribution in [0.4, 0.5) is 5.82 Å². The number of ketones is 1. The van der Waals surface area contributed by atoms with Gasteiger partial charge in [0.15, 0.2) is 5.78 Å². The number of pyridine rings is 1. The van der Waals surface area contributed by atoms with Gasteiger partial charge in [-0.05, 0) is 66.1 Å². The minimum atomic E-state index is -0.636. The van der Waals surface area contributed by atoms with Crippen LogP contribution in [0.5, 0.6) is 0 Å². The lowest BCUT2D eigenvalue weighted by Gasteiger charge is -2.30. The van der Waals surface area contributed by atoms with E-state index >= 15 is 0 Å². The number of nitrogens with one attached hydrogen (secondary N) is 1. The molecule has 38 heavy (non-hydrogen) atoms. The van der Waals surface area contributed by atoms with E-state index in [1.54, 1.807) is 59.6 Å². The van der Waals surface area contributed by atoms with Crippen LogP contribution < -0.4 is 5.32 Å². The first kappa shape index (κ1) is 25.4. The smallest absolute Gasteiger partial charge is 0.256 e. The second-order valence-corrected chi connectivity index (χ2v) is 9.89. The van der Waals surface area contributed by atoms with Crippen LogP contribution in [0.2, 0.25) is 5.02 Å². The van der Waals surface area contributed by atoms with Gasteiger partial charge in [-0.1, -0.05) is 59.6 Å². The van der Waals surface area contributed by atoms with Crippen molar-refractivity contribution in [3.63, 3.8) is 0 Å². The maximum Gasteiger partial charge on any atom is 0.256 e. The van der Waals surface area contributed by atoms with E-state index < -0.39 is 6.04 Å². The van der Waals surface area contributed by atoms with Gasteiger partial charge in [-0.2, -0.15) is 0 Å². The van der Waals surface area contributed by atoms with Crippen molar-refractivity contribution < 1.29 is 14.4 Å². The molecule has 2 heterocycles. The molecule has 5 rings (SSSR count). The fourth-order valence-electron chi connectivity index (χ4n) is 4.74. The molecule has 7 heteroatoms. The van der Waals surface area contributed by atoms with Crippen LogP contribution in [0.3, 0.4) is 0 Å². The van der Waals surface area contributed by atoms with E-state index in [9.17, 15) is 14.4 Å². The standard InChI is InChI=1S/C31H26ClN3O3/c1-20-5-4-6-22(15-20)16-27-28(36)18-24-17-25(32)12-13-26(24)31(38)35(27)19-21-8-10-23(11-9-21)30(37)34-29-7-2-3-14-33-29/h2-15,17,27H,16,18-19H2,1H3,(H,33,34,37)/t27-/m1/s1. The number of hydrogen-bond donors (Lipinski definition) is 1. The van der Waals surface area contributed by atoms with Crippen LogP contribution in [0.15, 0.2) is 91.1 Å². The van der Waals surface area contributed by atoms with Crippen LogP contribution in [0.1, 0.15) is 43.0 Å². The van der Waals surface area contributed by atoms with E-state index in [4.69, 9.17) is 11.6 Å². The van der Waals surface area contributed by atoms with Crippen LogP contribution in [-0.4, -0.2) is 33.5 Å². The molecule has 1 aliphatic rings. The van der Waals surface area contributed by atoms with Crippen LogP contribution in [-0.2, 0) is 24.2 Å². The molecule has 1 N–H and O–H groups in total. The maximum atomic E-state index is 13.8. The molecule has 1 aliphatic heterocycles. The first-order valence-electron chi connectivity index (χ1n) is 12.4. The number of aryl methyl sites for hydroxylation is 1. The summed E-state index contributed by atoms with van der Waals surface area (Å²) in [6.45, 7) is 2.23. The monoisotopic (exact) mass is 523 g/mol. The summed E-state index contributed by atoms with van der Waals surface area (Å²) < 4.78 is 0. The Kier molecular flexibility index (Phi) is 7.33. The van der Waals surface area contributed by atoms with Gasteiger partial charge in [0, 0.05) is 41.7 Å². The number of fused-ring (bicyclic) bond motifs is 1. The van der Waals surface area contributed by atoms with Crippen molar-refractivity contribution in [3.05, 3.63) is 130 Å². The van der Waals surface area contributed by atoms with Gasteiger partial charge in [-0.15, -0.1) is 0 Å². The topological polar surface area (TPSA) is 79.4 Å². The molecule has 0 saturated heterocycles. The summed E-state index contributed by atoms with van der Waals surface area (Å²) in [5, 5.41) is 3.26. The lowest BCUT2D eigenvalue weighted by Crippen LogP contribution is -2.44. The van der Waals surface area contributed by atoms with Gasteiger partial charge in [-0.25, -0.2) is 4.98 Å². The largest absolute Gasteiger partial charge is 0.324 e. The quantitative estimate of drug-likeness (QED) is 0.353. The third-order valence-electron chi connectivity index (χ3n) is 6.66. The van der Waals surface area contributed by atoms with E-state index in [0.29, 0.717) is 34.0 Å². The van der Waals surface area contributed by atoms with Crippen molar-refractivity contribution in [1.29, 1.82) is 0 Å². The highest BCUT2D eigenvalue weighted by molar-refractivity contribution is 6.30. The van der Waals surface area contributed by atoms with Crippen molar-refractivity contribution in [2.45, 2.75) is 32.4 Å². The van der Waals surface area contributed by atoms with Crippen molar-refractivity contribution >= 4 is 35.0 Å². The number of carbonyl (C=O) groups is 3. The molecule has 0 aliphatic carbocycles. The van der Waals surface area contributed by atoms with Crippen molar-refractivity contribution in [1.82, 2.24) is 9.88 Å². The highest BCUT2D eigenvalue weighted by Crippen LogP contribution is 2.27. The molecule has 0 saturated carbocycles. The molecule has 2 amide bonds. The Labute approximate surface area is 226 Å². The van der Waals surface area contributed by atoms with Crippen molar-refractivity contribution in [2.24, 2.45) is 0 Å². The Hall–Kier alpha value is -4.29. The van der Waals surface area contributed by atoms with Crippen LogP contribution >= 0.6 is 11.6 Å². The number of Topliss-reactive ketones (excluding diaryl/α,β-unsaturated/α-hetero) is 1. The highest BCUT2D eigenvalue weighted by Gasteiger charge is 2.35. The van der Waals surface area contributed by atoms with E-state index in [1.807, 2.05) is 43.3 Å². The highest BCUT2D eigenvalue weighted by atomic mass is 35.5. The predicted molar refractivity (Wildman–Crippen MR) is 147 cm³/mol. The SMILES string of the molecule is Cc1cccc(C[C@@H]2C(=O)Cc3cc(Cl)ccc3C(=O)N2Cc2ccc(C(=O)Nc3ccccn3)cc2)c1.